The van der Waals surface area contributed by atoms with Gasteiger partial charge in [-0.3, -0.25) is 4.79 Å². The molecular weight excluding hydrogens is 328 g/mol. The Balaban J connectivity index is 1.67. The molecule has 4 heteroatoms. The van der Waals surface area contributed by atoms with E-state index in [1.54, 1.807) is 0 Å². The predicted octanol–water partition coefficient (Wildman–Crippen LogP) is 4.18. The fourth-order valence-electron chi connectivity index (χ4n) is 2.49. The molecule has 0 heterocycles. The predicted molar refractivity (Wildman–Crippen MR) is 91.5 cm³/mol. The van der Waals surface area contributed by atoms with Crippen molar-refractivity contribution < 1.29 is 4.79 Å². The van der Waals surface area contributed by atoms with Crippen LogP contribution in [0.2, 0.25) is 0 Å². The number of rotatable bonds is 6. The van der Waals surface area contributed by atoms with Gasteiger partial charge in [0.05, 0.1) is 6.54 Å². The topological polar surface area (TPSA) is 41.1 Å². The van der Waals surface area contributed by atoms with E-state index in [0.29, 0.717) is 6.54 Å². The maximum Gasteiger partial charge on any atom is 0.239 e. The van der Waals surface area contributed by atoms with Gasteiger partial charge in [0, 0.05) is 16.7 Å². The van der Waals surface area contributed by atoms with E-state index in [1.165, 1.54) is 31.3 Å². The maximum absolute atomic E-state index is 11.8. The molecule has 1 amide bonds. The van der Waals surface area contributed by atoms with Gasteiger partial charge >= 0.3 is 0 Å². The van der Waals surface area contributed by atoms with Crippen molar-refractivity contribution in [2.45, 2.75) is 39.0 Å². The van der Waals surface area contributed by atoms with Crippen LogP contribution in [0.15, 0.2) is 34.3 Å². The summed E-state index contributed by atoms with van der Waals surface area (Å²) in [5.74, 6) is 0.0481. The van der Waals surface area contributed by atoms with Crippen molar-refractivity contribution in [2.24, 2.45) is 0 Å². The zero-order chi connectivity index (χ0) is 15.1. The number of amides is 1. The SMILES string of the molecule is Cc1cc(NCC(=O)NCCC2=CCCCC2)ccc1Br. The molecule has 114 valence electrons. The molecule has 1 aliphatic carbocycles. The highest BCUT2D eigenvalue weighted by atomic mass is 79.9. The molecule has 0 saturated heterocycles. The van der Waals surface area contributed by atoms with Crippen molar-refractivity contribution >= 4 is 27.5 Å². The quantitative estimate of drug-likeness (QED) is 0.755. The molecule has 21 heavy (non-hydrogen) atoms. The second kappa shape index (κ2) is 8.23. The largest absolute Gasteiger partial charge is 0.376 e. The lowest BCUT2D eigenvalue weighted by Crippen LogP contribution is -2.30. The number of allylic oxidation sites excluding steroid dienone is 1. The first-order valence-corrected chi connectivity index (χ1v) is 8.39. The summed E-state index contributed by atoms with van der Waals surface area (Å²) in [6, 6.07) is 5.99. The van der Waals surface area contributed by atoms with Crippen LogP contribution >= 0.6 is 15.9 Å². The van der Waals surface area contributed by atoms with Gasteiger partial charge in [-0.25, -0.2) is 0 Å². The highest BCUT2D eigenvalue weighted by molar-refractivity contribution is 9.10. The summed E-state index contributed by atoms with van der Waals surface area (Å²) in [5.41, 5.74) is 3.63. The van der Waals surface area contributed by atoms with Crippen molar-refractivity contribution in [3.8, 4) is 0 Å². The van der Waals surface area contributed by atoms with Gasteiger partial charge in [-0.05, 0) is 62.8 Å². The van der Waals surface area contributed by atoms with Crippen LogP contribution in [-0.2, 0) is 4.79 Å². The smallest absolute Gasteiger partial charge is 0.239 e. The van der Waals surface area contributed by atoms with E-state index in [1.807, 2.05) is 25.1 Å². The van der Waals surface area contributed by atoms with E-state index in [9.17, 15) is 4.79 Å². The fraction of sp³-hybridized carbons (Fsp3) is 0.471. The molecule has 3 nitrogen and oxygen atoms in total. The van der Waals surface area contributed by atoms with Gasteiger partial charge in [-0.2, -0.15) is 0 Å². The van der Waals surface area contributed by atoms with E-state index in [0.717, 1.165) is 28.7 Å². The average Bonchev–Trinajstić information content (AvgIpc) is 2.49. The standard InChI is InChI=1S/C17H23BrN2O/c1-13-11-15(7-8-16(13)18)20-12-17(21)19-10-9-14-5-3-2-4-6-14/h5,7-8,11,20H,2-4,6,9-10,12H2,1H3,(H,19,21). The van der Waals surface area contributed by atoms with Crippen LogP contribution in [0.3, 0.4) is 0 Å². The van der Waals surface area contributed by atoms with E-state index in [4.69, 9.17) is 0 Å². The van der Waals surface area contributed by atoms with E-state index in [-0.39, 0.29) is 5.91 Å². The zero-order valence-corrected chi connectivity index (χ0v) is 14.1. The molecular formula is C17H23BrN2O. The fourth-order valence-corrected chi connectivity index (χ4v) is 2.74. The lowest BCUT2D eigenvalue weighted by molar-refractivity contribution is -0.119. The van der Waals surface area contributed by atoms with Crippen LogP contribution in [-0.4, -0.2) is 19.0 Å². The van der Waals surface area contributed by atoms with Crippen LogP contribution < -0.4 is 10.6 Å². The van der Waals surface area contributed by atoms with Crippen LogP contribution in [0.5, 0.6) is 0 Å². The van der Waals surface area contributed by atoms with Crippen molar-refractivity contribution in [1.82, 2.24) is 5.32 Å². The Labute approximate surface area is 135 Å². The van der Waals surface area contributed by atoms with E-state index >= 15 is 0 Å². The van der Waals surface area contributed by atoms with Crippen LogP contribution in [0.4, 0.5) is 5.69 Å². The average molecular weight is 351 g/mol. The highest BCUT2D eigenvalue weighted by Crippen LogP contribution is 2.20. The molecule has 1 aromatic rings. The number of anilines is 1. The maximum atomic E-state index is 11.8. The lowest BCUT2D eigenvalue weighted by Gasteiger charge is -2.13. The molecule has 0 radical (unpaired) electrons. The molecule has 0 spiro atoms. The summed E-state index contributed by atoms with van der Waals surface area (Å²) in [5, 5.41) is 6.13. The van der Waals surface area contributed by atoms with Gasteiger partial charge in [-0.15, -0.1) is 0 Å². The summed E-state index contributed by atoms with van der Waals surface area (Å²) in [6.45, 7) is 3.10. The molecule has 0 bridgehead atoms. The van der Waals surface area contributed by atoms with Gasteiger partial charge in [0.2, 0.25) is 5.91 Å². The Morgan fingerprint density at radius 3 is 2.90 bits per heavy atom. The minimum Gasteiger partial charge on any atom is -0.376 e. The Bertz CT molecular complexity index is 526. The number of carbonyl (C=O) groups is 1. The number of hydrogen-bond donors (Lipinski definition) is 2. The van der Waals surface area contributed by atoms with Gasteiger partial charge in [0.25, 0.3) is 0 Å². The Kier molecular flexibility index (Phi) is 6.30. The third-order valence-electron chi connectivity index (χ3n) is 3.76. The van der Waals surface area contributed by atoms with E-state index in [2.05, 4.69) is 32.6 Å². The molecule has 0 saturated carbocycles. The lowest BCUT2D eigenvalue weighted by atomic mass is 9.97. The first kappa shape index (κ1) is 16.1. The van der Waals surface area contributed by atoms with Crippen LogP contribution in [0.25, 0.3) is 0 Å². The monoisotopic (exact) mass is 350 g/mol. The first-order chi connectivity index (χ1) is 10.1. The van der Waals surface area contributed by atoms with Gasteiger partial charge in [-0.1, -0.05) is 27.6 Å². The molecule has 2 rings (SSSR count). The summed E-state index contributed by atoms with van der Waals surface area (Å²) >= 11 is 3.47. The number of aryl methyl sites for hydroxylation is 1. The van der Waals surface area contributed by atoms with Crippen molar-refractivity contribution in [1.29, 1.82) is 0 Å². The molecule has 0 unspecified atom stereocenters. The van der Waals surface area contributed by atoms with Gasteiger partial charge in [0.1, 0.15) is 0 Å². The Hall–Kier alpha value is -1.29. The second-order valence-corrected chi connectivity index (χ2v) is 6.38. The normalized spacial score (nSPS) is 14.5. The summed E-state index contributed by atoms with van der Waals surface area (Å²) in [4.78, 5) is 11.8. The van der Waals surface area contributed by atoms with Crippen molar-refractivity contribution in [2.75, 3.05) is 18.4 Å². The molecule has 0 aliphatic heterocycles. The second-order valence-electron chi connectivity index (χ2n) is 5.53. The molecule has 0 atom stereocenters. The van der Waals surface area contributed by atoms with Crippen LogP contribution in [0, 0.1) is 6.92 Å². The summed E-state index contributed by atoms with van der Waals surface area (Å²) in [6.07, 6.45) is 8.33. The van der Waals surface area contributed by atoms with Crippen molar-refractivity contribution in [3.63, 3.8) is 0 Å². The molecule has 0 fully saturated rings. The number of halogens is 1. The Morgan fingerprint density at radius 2 is 2.19 bits per heavy atom. The molecule has 2 N–H and O–H groups in total. The minimum absolute atomic E-state index is 0.0481. The first-order valence-electron chi connectivity index (χ1n) is 7.60. The summed E-state index contributed by atoms with van der Waals surface area (Å²) in [7, 11) is 0. The number of benzene rings is 1. The minimum atomic E-state index is 0.0481. The number of carbonyl (C=O) groups excluding carboxylic acids is 1. The number of hydrogen-bond acceptors (Lipinski definition) is 2. The molecule has 1 aliphatic rings. The molecule has 1 aromatic carbocycles. The zero-order valence-electron chi connectivity index (χ0n) is 12.5. The van der Waals surface area contributed by atoms with Gasteiger partial charge in [0.15, 0.2) is 0 Å². The Morgan fingerprint density at radius 1 is 1.33 bits per heavy atom. The number of nitrogens with one attached hydrogen (secondary N) is 2. The van der Waals surface area contributed by atoms with Crippen LogP contribution in [0.1, 0.15) is 37.7 Å². The molecule has 0 aromatic heterocycles. The summed E-state index contributed by atoms with van der Waals surface area (Å²) < 4.78 is 1.08. The van der Waals surface area contributed by atoms with Gasteiger partial charge < -0.3 is 10.6 Å². The highest BCUT2D eigenvalue weighted by Gasteiger charge is 2.05. The third-order valence-corrected chi connectivity index (χ3v) is 4.65. The van der Waals surface area contributed by atoms with E-state index < -0.39 is 0 Å². The van der Waals surface area contributed by atoms with Crippen molar-refractivity contribution in [3.05, 3.63) is 39.9 Å². The third kappa shape index (κ3) is 5.54.